The molecule has 1 aliphatic heterocycles. The zero-order chi connectivity index (χ0) is 21.5. The first-order chi connectivity index (χ1) is 14.5. The molecule has 3 rings (SSSR count). The average Bonchev–Trinajstić information content (AvgIpc) is 3.00. The number of carboxylic acids is 1. The van der Waals surface area contributed by atoms with Gasteiger partial charge in [-0.1, -0.05) is 30.4 Å². The van der Waals surface area contributed by atoms with E-state index in [1.165, 1.54) is 0 Å². The van der Waals surface area contributed by atoms with Crippen molar-refractivity contribution in [1.29, 1.82) is 0 Å². The molecule has 2 aliphatic rings. The van der Waals surface area contributed by atoms with Crippen LogP contribution in [0.4, 0.5) is 0 Å². The van der Waals surface area contributed by atoms with Gasteiger partial charge in [-0.15, -0.1) is 0 Å². The number of unbranched alkanes of at least 4 members (excludes halogenated alkanes) is 1. The molecule has 0 aromatic heterocycles. The van der Waals surface area contributed by atoms with Crippen molar-refractivity contribution in [1.82, 2.24) is 0 Å². The zero-order valence-corrected chi connectivity index (χ0v) is 17.1. The third-order valence-corrected chi connectivity index (χ3v) is 6.09. The van der Waals surface area contributed by atoms with Crippen LogP contribution in [-0.2, 0) is 16.1 Å². The molecule has 1 aromatic rings. The van der Waals surface area contributed by atoms with Crippen molar-refractivity contribution in [2.45, 2.75) is 76.2 Å². The monoisotopic (exact) mass is 420 g/mol. The minimum Gasteiger partial charge on any atom is -0.481 e. The Morgan fingerprint density at radius 2 is 1.93 bits per heavy atom. The molecule has 6 atom stereocenters. The van der Waals surface area contributed by atoms with Gasteiger partial charge < -0.3 is 29.9 Å². The van der Waals surface area contributed by atoms with Crippen LogP contribution < -0.4 is 4.74 Å². The molecule has 0 radical (unpaired) electrons. The predicted octanol–water partition coefficient (Wildman–Crippen LogP) is 2.62. The van der Waals surface area contributed by atoms with Gasteiger partial charge >= 0.3 is 5.97 Å². The number of carboxylic acid groups (broad SMARTS) is 1. The summed E-state index contributed by atoms with van der Waals surface area (Å²) in [4.78, 5) is 10.5. The minimum absolute atomic E-state index is 0.0863. The van der Waals surface area contributed by atoms with Gasteiger partial charge in [-0.05, 0) is 56.4 Å². The molecule has 0 bridgehead atoms. The Labute approximate surface area is 176 Å². The van der Waals surface area contributed by atoms with E-state index in [2.05, 4.69) is 0 Å². The Kier molecular flexibility index (Phi) is 8.27. The summed E-state index contributed by atoms with van der Waals surface area (Å²) in [6.07, 6.45) is 4.47. The van der Waals surface area contributed by atoms with Gasteiger partial charge in [0, 0.05) is 12.0 Å². The van der Waals surface area contributed by atoms with Gasteiger partial charge in [0.2, 0.25) is 6.29 Å². The molecule has 1 unspecified atom stereocenters. The number of allylic oxidation sites excluding steroid dienone is 2. The lowest BCUT2D eigenvalue weighted by atomic mass is 9.86. The maximum absolute atomic E-state index is 10.6. The molecule has 0 saturated heterocycles. The van der Waals surface area contributed by atoms with Gasteiger partial charge in [-0.25, -0.2) is 0 Å². The van der Waals surface area contributed by atoms with Crippen LogP contribution in [-0.4, -0.2) is 51.0 Å². The number of aliphatic hydroxyl groups excluding tert-OH is 3. The highest BCUT2D eigenvalue weighted by atomic mass is 16.7. The van der Waals surface area contributed by atoms with Gasteiger partial charge in [0.15, 0.2) is 0 Å². The molecule has 1 aliphatic carbocycles. The van der Waals surface area contributed by atoms with Crippen molar-refractivity contribution < 1.29 is 34.7 Å². The smallest absolute Gasteiger partial charge is 0.303 e. The summed E-state index contributed by atoms with van der Waals surface area (Å²) in [6.45, 7) is 0.387. The van der Waals surface area contributed by atoms with Crippen LogP contribution in [0.5, 0.6) is 5.75 Å². The Balaban J connectivity index is 1.47. The number of ether oxygens (including phenoxy) is 2. The number of hydrogen-bond acceptors (Lipinski definition) is 6. The molecule has 1 saturated carbocycles. The van der Waals surface area contributed by atoms with E-state index in [4.69, 9.17) is 14.6 Å². The quantitative estimate of drug-likeness (QED) is 0.340. The second-order valence-electron chi connectivity index (χ2n) is 8.24. The highest BCUT2D eigenvalue weighted by Gasteiger charge is 2.41. The molecule has 7 heteroatoms. The molecular weight excluding hydrogens is 388 g/mol. The molecule has 0 amide bonds. The summed E-state index contributed by atoms with van der Waals surface area (Å²) in [6, 6.07) is 7.57. The number of hydrogen-bond donors (Lipinski definition) is 4. The van der Waals surface area contributed by atoms with Crippen LogP contribution in [0.1, 0.15) is 50.5 Å². The van der Waals surface area contributed by atoms with E-state index in [1.54, 1.807) is 0 Å². The number of benzene rings is 1. The van der Waals surface area contributed by atoms with Crippen LogP contribution in [0.2, 0.25) is 0 Å². The largest absolute Gasteiger partial charge is 0.481 e. The van der Waals surface area contributed by atoms with E-state index >= 15 is 0 Å². The highest BCUT2D eigenvalue weighted by molar-refractivity contribution is 5.66. The van der Waals surface area contributed by atoms with Crippen molar-refractivity contribution >= 4 is 5.97 Å². The first-order valence-electron chi connectivity index (χ1n) is 10.7. The number of carbonyl (C=O) groups is 1. The second kappa shape index (κ2) is 10.9. The fraction of sp³-hybridized carbons (Fsp3) is 0.609. The second-order valence-corrected chi connectivity index (χ2v) is 8.24. The first-order valence-corrected chi connectivity index (χ1v) is 10.7. The Bertz CT molecular complexity index is 719. The molecule has 1 heterocycles. The SMILES string of the molecule is O=C(O)CCCC=CC[C@@H]1[C@@H](CC[C@@H](O)C2OCc3ccccc3O2)[C@H](O)C[C@@H]1O. The van der Waals surface area contributed by atoms with Crippen molar-refractivity contribution in [2.75, 3.05) is 0 Å². The van der Waals surface area contributed by atoms with Crippen molar-refractivity contribution in [3.05, 3.63) is 42.0 Å². The molecule has 30 heavy (non-hydrogen) atoms. The van der Waals surface area contributed by atoms with E-state index in [-0.39, 0.29) is 18.3 Å². The summed E-state index contributed by atoms with van der Waals surface area (Å²) >= 11 is 0. The van der Waals surface area contributed by atoms with Crippen LogP contribution >= 0.6 is 0 Å². The molecule has 1 fully saturated rings. The topological polar surface area (TPSA) is 116 Å². The lowest BCUT2D eigenvalue weighted by Gasteiger charge is -2.31. The summed E-state index contributed by atoms with van der Waals surface area (Å²) in [5, 5.41) is 40.0. The third-order valence-electron chi connectivity index (χ3n) is 6.09. The predicted molar refractivity (Wildman–Crippen MR) is 110 cm³/mol. The van der Waals surface area contributed by atoms with Crippen LogP contribution in [0, 0.1) is 11.8 Å². The standard InChI is InChI=1S/C23H32O7/c24-18(23-29-14-15-7-5-6-9-21(15)30-23)12-11-17-16(19(25)13-20(17)26)8-3-1-2-4-10-22(27)28/h1,3,5-7,9,16-20,23-26H,2,4,8,10-14H2,(H,27,28)/t16-,17-,18-,19+,20-,23?/m1/s1. The zero-order valence-electron chi connectivity index (χ0n) is 17.1. The van der Waals surface area contributed by atoms with Crippen LogP contribution in [0.15, 0.2) is 36.4 Å². The normalized spacial score (nSPS) is 29.5. The Morgan fingerprint density at radius 1 is 1.17 bits per heavy atom. The van der Waals surface area contributed by atoms with Crippen molar-refractivity contribution in [3.63, 3.8) is 0 Å². The highest BCUT2D eigenvalue weighted by Crippen LogP contribution is 2.39. The minimum atomic E-state index is -0.824. The lowest BCUT2D eigenvalue weighted by molar-refractivity contribution is -0.168. The van der Waals surface area contributed by atoms with Crippen LogP contribution in [0.25, 0.3) is 0 Å². The van der Waals surface area contributed by atoms with Crippen molar-refractivity contribution in [3.8, 4) is 5.75 Å². The molecule has 4 N–H and O–H groups in total. The maximum atomic E-state index is 10.6. The van der Waals surface area contributed by atoms with Gasteiger partial charge in [0.1, 0.15) is 11.9 Å². The van der Waals surface area contributed by atoms with Gasteiger partial charge in [-0.3, -0.25) is 4.79 Å². The third kappa shape index (κ3) is 6.04. The first kappa shape index (κ1) is 22.7. The van der Waals surface area contributed by atoms with E-state index < -0.39 is 30.6 Å². The van der Waals surface area contributed by atoms with Crippen molar-refractivity contribution in [2.24, 2.45) is 11.8 Å². The summed E-state index contributed by atoms with van der Waals surface area (Å²) in [5.74, 6) is -0.285. The van der Waals surface area contributed by atoms with Gasteiger partial charge in [-0.2, -0.15) is 0 Å². The van der Waals surface area contributed by atoms with E-state index in [9.17, 15) is 20.1 Å². The Hall–Kier alpha value is -1.93. The molecule has 1 aromatic carbocycles. The molecule has 7 nitrogen and oxygen atoms in total. The fourth-order valence-corrected chi connectivity index (χ4v) is 4.41. The number of aliphatic hydroxyl groups is 3. The van der Waals surface area contributed by atoms with E-state index in [1.807, 2.05) is 36.4 Å². The average molecular weight is 421 g/mol. The van der Waals surface area contributed by atoms with E-state index in [0.29, 0.717) is 45.1 Å². The number of fused-ring (bicyclic) bond motifs is 1. The summed E-state index contributed by atoms with van der Waals surface area (Å²) in [5.41, 5.74) is 0.950. The fourth-order valence-electron chi connectivity index (χ4n) is 4.41. The number of rotatable bonds is 10. The van der Waals surface area contributed by atoms with Gasteiger partial charge in [0.25, 0.3) is 0 Å². The molecule has 0 spiro atoms. The van der Waals surface area contributed by atoms with Crippen LogP contribution in [0.3, 0.4) is 0 Å². The van der Waals surface area contributed by atoms with Gasteiger partial charge in [0.05, 0.1) is 18.8 Å². The molecule has 166 valence electrons. The number of para-hydroxylation sites is 1. The molecular formula is C23H32O7. The van der Waals surface area contributed by atoms with E-state index in [0.717, 1.165) is 11.3 Å². The summed E-state index contributed by atoms with van der Waals surface area (Å²) < 4.78 is 11.4. The Morgan fingerprint density at radius 3 is 2.73 bits per heavy atom. The maximum Gasteiger partial charge on any atom is 0.303 e. The number of aliphatic carboxylic acids is 1. The summed E-state index contributed by atoms with van der Waals surface area (Å²) in [7, 11) is 0. The lowest BCUT2D eigenvalue weighted by Crippen LogP contribution is -2.37.